The Labute approximate surface area is 182 Å². The van der Waals surface area contributed by atoms with Crippen LogP contribution in [0.2, 0.25) is 0 Å². The van der Waals surface area contributed by atoms with E-state index in [0.717, 1.165) is 42.2 Å². The average molecular weight is 417 g/mol. The van der Waals surface area contributed by atoms with Gasteiger partial charge < -0.3 is 9.30 Å². The predicted molar refractivity (Wildman–Crippen MR) is 121 cm³/mol. The number of fused-ring (bicyclic) bond motifs is 1. The lowest BCUT2D eigenvalue weighted by molar-refractivity contribution is 0.357. The van der Waals surface area contributed by atoms with Crippen molar-refractivity contribution in [2.75, 3.05) is 7.11 Å². The van der Waals surface area contributed by atoms with E-state index in [9.17, 15) is 0 Å². The van der Waals surface area contributed by atoms with Gasteiger partial charge in [-0.25, -0.2) is 19.6 Å². The summed E-state index contributed by atoms with van der Waals surface area (Å²) in [6, 6.07) is 3.88. The lowest BCUT2D eigenvalue weighted by atomic mass is 9.76. The molecule has 1 aliphatic heterocycles. The van der Waals surface area contributed by atoms with E-state index in [2.05, 4.69) is 29.5 Å². The number of hydrogen-bond acceptors (Lipinski definition) is 5. The second-order valence-corrected chi connectivity index (χ2v) is 7.98. The summed E-state index contributed by atoms with van der Waals surface area (Å²) >= 11 is 0. The van der Waals surface area contributed by atoms with Crippen molar-refractivity contribution in [3.05, 3.63) is 72.6 Å². The van der Waals surface area contributed by atoms with Gasteiger partial charge in [0.25, 0.3) is 0 Å². The smallest absolute Gasteiger partial charge is 0.238 e. The number of methoxy groups -OCH3 is 1. The Bertz CT molecular complexity index is 1170. The largest absolute Gasteiger partial charge is 0.479 e. The molecular weight excluding hydrogens is 388 g/mol. The molecule has 3 aromatic heterocycles. The molecule has 4 heterocycles. The van der Waals surface area contributed by atoms with E-state index in [1.807, 2.05) is 59.7 Å². The van der Waals surface area contributed by atoms with Crippen LogP contribution in [0.25, 0.3) is 17.2 Å². The highest BCUT2D eigenvalue weighted by Gasteiger charge is 2.37. The van der Waals surface area contributed by atoms with Gasteiger partial charge in [0.2, 0.25) is 5.88 Å². The van der Waals surface area contributed by atoms with Crippen molar-refractivity contribution in [3.8, 4) is 23.1 Å². The molecule has 1 atom stereocenters. The fraction of sp³-hybridized carbons (Fsp3) is 0.333. The quantitative estimate of drug-likeness (QED) is 0.550. The highest BCUT2D eigenvalue weighted by Crippen LogP contribution is 2.39. The minimum atomic E-state index is -0.264. The van der Waals surface area contributed by atoms with Crippen molar-refractivity contribution in [2.45, 2.75) is 45.6 Å². The Balaban J connectivity index is 1.71. The molecule has 0 saturated carbocycles. The maximum Gasteiger partial charge on any atom is 0.238 e. The van der Waals surface area contributed by atoms with Gasteiger partial charge in [0, 0.05) is 12.7 Å². The first-order chi connectivity index (χ1) is 15.0. The third-order valence-electron chi connectivity index (χ3n) is 5.77. The summed E-state index contributed by atoms with van der Waals surface area (Å²) in [6.45, 7) is 11.3. The summed E-state index contributed by atoms with van der Waals surface area (Å²) in [5.41, 5.74) is 3.19. The topological polar surface area (TPSA) is 70.7 Å². The van der Waals surface area contributed by atoms with E-state index in [-0.39, 0.29) is 5.41 Å². The second-order valence-electron chi connectivity index (χ2n) is 7.98. The predicted octanol–water partition coefficient (Wildman–Crippen LogP) is 4.58. The summed E-state index contributed by atoms with van der Waals surface area (Å²) in [5.74, 6) is 2.03. The molecule has 0 bridgehead atoms. The van der Waals surface area contributed by atoms with Crippen LogP contribution in [0.1, 0.15) is 38.2 Å². The lowest BCUT2D eigenvalue weighted by Crippen LogP contribution is -2.33. The van der Waals surface area contributed by atoms with Gasteiger partial charge in [-0.05, 0) is 51.3 Å². The minimum Gasteiger partial charge on any atom is -0.479 e. The number of aryl methyl sites for hydroxylation is 2. The van der Waals surface area contributed by atoms with Crippen LogP contribution < -0.4 is 4.74 Å². The maximum absolute atomic E-state index is 5.56. The van der Waals surface area contributed by atoms with Crippen LogP contribution in [0.5, 0.6) is 5.88 Å². The van der Waals surface area contributed by atoms with E-state index < -0.39 is 0 Å². The number of aromatic nitrogens is 6. The van der Waals surface area contributed by atoms with Crippen LogP contribution in [0.4, 0.5) is 0 Å². The van der Waals surface area contributed by atoms with Gasteiger partial charge in [0.15, 0.2) is 5.82 Å². The van der Waals surface area contributed by atoms with E-state index in [0.29, 0.717) is 17.4 Å². The molecule has 0 spiro atoms. The monoisotopic (exact) mass is 416 g/mol. The summed E-state index contributed by atoms with van der Waals surface area (Å²) in [4.78, 5) is 13.9. The van der Waals surface area contributed by atoms with E-state index in [4.69, 9.17) is 14.8 Å². The molecule has 160 valence electrons. The van der Waals surface area contributed by atoms with Gasteiger partial charge in [-0.2, -0.15) is 0 Å². The second kappa shape index (κ2) is 8.34. The highest BCUT2D eigenvalue weighted by atomic mass is 16.5. The van der Waals surface area contributed by atoms with E-state index >= 15 is 0 Å². The van der Waals surface area contributed by atoms with Crippen LogP contribution in [0.3, 0.4) is 0 Å². The Morgan fingerprint density at radius 3 is 2.81 bits per heavy atom. The maximum atomic E-state index is 5.56. The number of hydrogen-bond donors (Lipinski definition) is 0. The van der Waals surface area contributed by atoms with Gasteiger partial charge >= 0.3 is 0 Å². The van der Waals surface area contributed by atoms with Crippen LogP contribution in [0.15, 0.2) is 61.1 Å². The van der Waals surface area contributed by atoms with E-state index in [1.165, 1.54) is 0 Å². The summed E-state index contributed by atoms with van der Waals surface area (Å²) < 4.78 is 9.45. The zero-order valence-corrected chi connectivity index (χ0v) is 18.5. The first kappa shape index (κ1) is 20.8. The van der Waals surface area contributed by atoms with Crippen molar-refractivity contribution in [1.29, 1.82) is 0 Å². The highest BCUT2D eigenvalue weighted by molar-refractivity contribution is 5.56. The number of ether oxygens (including phenoxy) is 1. The van der Waals surface area contributed by atoms with Crippen molar-refractivity contribution >= 4 is 0 Å². The Hall–Kier alpha value is -3.48. The standard InChI is InChI=1S/C24H28N6O/c1-6-7-8-10-17(2)24(4)13-9-14-30-23(24)27-21(28-30)19-11-12-20(22(26-19)31-5)29-15-18(3)25-16-29/h6-8,10-12,15-16H,2,9,13-14H2,1,3-5H3. The lowest BCUT2D eigenvalue weighted by Gasteiger charge is -2.33. The number of allylic oxidation sites excluding steroid dienone is 5. The fourth-order valence-corrected chi connectivity index (χ4v) is 3.94. The van der Waals surface area contributed by atoms with Crippen LogP contribution in [-0.4, -0.2) is 36.4 Å². The molecular formula is C24H28N6O. The van der Waals surface area contributed by atoms with Crippen LogP contribution in [0, 0.1) is 6.92 Å². The molecule has 0 amide bonds. The molecule has 4 rings (SSSR count). The SMILES string of the molecule is C=C(C=CC=CC)C1(C)CCCn2nc(-c3ccc(-n4cnc(C)c4)c(OC)n3)nc21. The summed E-state index contributed by atoms with van der Waals surface area (Å²) in [7, 11) is 1.61. The molecule has 7 nitrogen and oxygen atoms in total. The van der Waals surface area contributed by atoms with Crippen molar-refractivity contribution in [2.24, 2.45) is 0 Å². The third-order valence-corrected chi connectivity index (χ3v) is 5.77. The molecule has 3 aromatic rings. The Morgan fingerprint density at radius 1 is 1.26 bits per heavy atom. The first-order valence-corrected chi connectivity index (χ1v) is 10.5. The van der Waals surface area contributed by atoms with Crippen LogP contribution >= 0.6 is 0 Å². The first-order valence-electron chi connectivity index (χ1n) is 10.5. The average Bonchev–Trinajstić information content (AvgIpc) is 3.40. The molecule has 31 heavy (non-hydrogen) atoms. The number of pyridine rings is 1. The van der Waals surface area contributed by atoms with Gasteiger partial charge in [-0.1, -0.05) is 30.9 Å². The summed E-state index contributed by atoms with van der Waals surface area (Å²) in [5, 5.41) is 4.77. The Morgan fingerprint density at radius 2 is 2.10 bits per heavy atom. The number of nitrogens with zero attached hydrogens (tertiary/aromatic N) is 6. The van der Waals surface area contributed by atoms with Gasteiger partial charge in [0.1, 0.15) is 17.2 Å². The van der Waals surface area contributed by atoms with E-state index in [1.54, 1.807) is 13.4 Å². The molecule has 0 fully saturated rings. The van der Waals surface area contributed by atoms with Gasteiger partial charge in [-0.15, -0.1) is 5.10 Å². The third kappa shape index (κ3) is 3.83. The van der Waals surface area contributed by atoms with Gasteiger partial charge in [-0.3, -0.25) is 0 Å². The molecule has 1 aliphatic rings. The molecule has 7 heteroatoms. The molecule has 0 N–H and O–H groups in total. The van der Waals surface area contributed by atoms with Gasteiger partial charge in [0.05, 0.1) is 24.5 Å². The molecule has 0 aromatic carbocycles. The molecule has 0 radical (unpaired) electrons. The van der Waals surface area contributed by atoms with Crippen LogP contribution in [-0.2, 0) is 12.0 Å². The normalized spacial score (nSPS) is 18.6. The number of rotatable bonds is 6. The zero-order chi connectivity index (χ0) is 22.0. The molecule has 1 unspecified atom stereocenters. The Kier molecular flexibility index (Phi) is 5.59. The zero-order valence-electron chi connectivity index (χ0n) is 18.5. The molecule has 0 saturated heterocycles. The molecule has 0 aliphatic carbocycles. The van der Waals surface area contributed by atoms with Crippen molar-refractivity contribution in [1.82, 2.24) is 29.3 Å². The van der Waals surface area contributed by atoms with Crippen molar-refractivity contribution in [3.63, 3.8) is 0 Å². The fourth-order valence-electron chi connectivity index (χ4n) is 3.94. The minimum absolute atomic E-state index is 0.264. The summed E-state index contributed by atoms with van der Waals surface area (Å²) in [6.07, 6.45) is 13.8. The number of imidazole rings is 1. The van der Waals surface area contributed by atoms with Crippen molar-refractivity contribution < 1.29 is 4.74 Å².